The van der Waals surface area contributed by atoms with Crippen LogP contribution in [0.2, 0.25) is 0 Å². The maximum absolute atomic E-state index is 12.3. The minimum Gasteiger partial charge on any atom is -0.494 e. The Labute approximate surface area is 130 Å². The number of carbonyl (C=O) groups excluding carboxylic acids is 1. The first-order valence-corrected chi connectivity index (χ1v) is 7.99. The molecule has 0 bridgehead atoms. The number of thiazole rings is 1. The predicted molar refractivity (Wildman–Crippen MR) is 86.5 cm³/mol. The Bertz CT molecular complexity index is 626. The zero-order valence-electron chi connectivity index (χ0n) is 13.0. The van der Waals surface area contributed by atoms with Gasteiger partial charge < -0.3 is 4.74 Å². The van der Waals surface area contributed by atoms with E-state index in [2.05, 4.69) is 25.8 Å². The van der Waals surface area contributed by atoms with E-state index in [0.29, 0.717) is 18.6 Å². The SMILES string of the molecule is CCOc1cccc(C(=O)Cc2nc(C(C)(C)C)cs2)c1. The summed E-state index contributed by atoms with van der Waals surface area (Å²) in [7, 11) is 0. The molecule has 3 nitrogen and oxygen atoms in total. The summed E-state index contributed by atoms with van der Waals surface area (Å²) in [4.78, 5) is 16.9. The number of benzene rings is 1. The Morgan fingerprint density at radius 1 is 1.33 bits per heavy atom. The minimum absolute atomic E-state index is 0.0205. The molecule has 0 aliphatic rings. The summed E-state index contributed by atoms with van der Waals surface area (Å²) in [6.07, 6.45) is 0.344. The molecule has 2 rings (SSSR count). The Morgan fingerprint density at radius 3 is 2.71 bits per heavy atom. The van der Waals surface area contributed by atoms with Crippen molar-refractivity contribution in [1.29, 1.82) is 0 Å². The fourth-order valence-corrected chi connectivity index (χ4v) is 2.92. The first-order valence-electron chi connectivity index (χ1n) is 7.11. The molecule has 0 aliphatic heterocycles. The van der Waals surface area contributed by atoms with Crippen LogP contribution < -0.4 is 4.74 Å². The number of ketones is 1. The number of hydrogen-bond donors (Lipinski definition) is 0. The van der Waals surface area contributed by atoms with Crippen molar-refractivity contribution in [3.8, 4) is 5.75 Å². The summed E-state index contributed by atoms with van der Waals surface area (Å²) in [6.45, 7) is 8.90. The van der Waals surface area contributed by atoms with E-state index in [1.54, 1.807) is 17.4 Å². The van der Waals surface area contributed by atoms with E-state index in [1.807, 2.05) is 30.5 Å². The molecule has 0 aliphatic carbocycles. The van der Waals surface area contributed by atoms with Crippen LogP contribution >= 0.6 is 11.3 Å². The molecule has 1 aromatic carbocycles. The highest BCUT2D eigenvalue weighted by molar-refractivity contribution is 7.09. The predicted octanol–water partition coefficient (Wildman–Crippen LogP) is 4.26. The van der Waals surface area contributed by atoms with Crippen molar-refractivity contribution in [3.63, 3.8) is 0 Å². The molecule has 0 fully saturated rings. The molecule has 0 saturated carbocycles. The highest BCUT2D eigenvalue weighted by atomic mass is 32.1. The average Bonchev–Trinajstić information content (AvgIpc) is 2.88. The van der Waals surface area contributed by atoms with Gasteiger partial charge in [-0.1, -0.05) is 32.9 Å². The first kappa shape index (κ1) is 15.7. The van der Waals surface area contributed by atoms with Crippen LogP contribution in [0.5, 0.6) is 5.75 Å². The van der Waals surface area contributed by atoms with Gasteiger partial charge in [-0.2, -0.15) is 0 Å². The molecule has 0 N–H and O–H groups in total. The largest absolute Gasteiger partial charge is 0.494 e. The van der Waals surface area contributed by atoms with Crippen LogP contribution in [0, 0.1) is 0 Å². The number of nitrogens with zero attached hydrogens (tertiary/aromatic N) is 1. The number of aromatic nitrogens is 1. The van der Waals surface area contributed by atoms with E-state index in [-0.39, 0.29) is 11.2 Å². The lowest BCUT2D eigenvalue weighted by molar-refractivity contribution is 0.0992. The standard InChI is InChI=1S/C17H21NO2S/c1-5-20-13-8-6-7-12(9-13)14(19)10-16-18-15(11-21-16)17(2,3)4/h6-9,11H,5,10H2,1-4H3. The van der Waals surface area contributed by atoms with Crippen LogP contribution in [0.1, 0.15) is 48.8 Å². The topological polar surface area (TPSA) is 39.2 Å². The molecule has 0 atom stereocenters. The van der Waals surface area contributed by atoms with Crippen molar-refractivity contribution < 1.29 is 9.53 Å². The molecule has 0 radical (unpaired) electrons. The van der Waals surface area contributed by atoms with Crippen molar-refractivity contribution in [3.05, 3.63) is 45.9 Å². The van der Waals surface area contributed by atoms with E-state index in [4.69, 9.17) is 4.74 Å². The molecular weight excluding hydrogens is 282 g/mol. The molecular formula is C17H21NO2S. The van der Waals surface area contributed by atoms with Gasteiger partial charge in [-0.05, 0) is 19.1 Å². The van der Waals surface area contributed by atoms with Crippen molar-refractivity contribution >= 4 is 17.1 Å². The van der Waals surface area contributed by atoms with Crippen molar-refractivity contribution in [2.75, 3.05) is 6.61 Å². The molecule has 112 valence electrons. The van der Waals surface area contributed by atoms with E-state index in [0.717, 1.165) is 16.5 Å². The second-order valence-corrected chi connectivity index (χ2v) is 6.88. The molecule has 0 unspecified atom stereocenters. The summed E-state index contributed by atoms with van der Waals surface area (Å²) in [5.41, 5.74) is 1.74. The van der Waals surface area contributed by atoms with Crippen LogP contribution in [0.3, 0.4) is 0 Å². The quantitative estimate of drug-likeness (QED) is 0.775. The summed E-state index contributed by atoms with van der Waals surface area (Å²) in [6, 6.07) is 7.33. The molecule has 0 amide bonds. The highest BCUT2D eigenvalue weighted by Gasteiger charge is 2.18. The summed E-state index contributed by atoms with van der Waals surface area (Å²) >= 11 is 1.55. The van der Waals surface area contributed by atoms with Gasteiger partial charge in [0.15, 0.2) is 5.78 Å². The zero-order chi connectivity index (χ0) is 15.5. The summed E-state index contributed by atoms with van der Waals surface area (Å²) in [5, 5.41) is 2.91. The van der Waals surface area contributed by atoms with Crippen LogP contribution in [0.25, 0.3) is 0 Å². The average molecular weight is 303 g/mol. The van der Waals surface area contributed by atoms with Gasteiger partial charge in [0.05, 0.1) is 18.7 Å². The highest BCUT2D eigenvalue weighted by Crippen LogP contribution is 2.24. The van der Waals surface area contributed by atoms with Gasteiger partial charge in [-0.25, -0.2) is 4.98 Å². The van der Waals surface area contributed by atoms with Crippen LogP contribution in [0.4, 0.5) is 0 Å². The van der Waals surface area contributed by atoms with Crippen molar-refractivity contribution in [1.82, 2.24) is 4.98 Å². The van der Waals surface area contributed by atoms with Gasteiger partial charge in [0, 0.05) is 16.4 Å². The molecule has 0 saturated heterocycles. The minimum atomic E-state index is 0.0205. The molecule has 21 heavy (non-hydrogen) atoms. The maximum atomic E-state index is 12.3. The normalized spacial score (nSPS) is 11.4. The molecule has 0 spiro atoms. The van der Waals surface area contributed by atoms with E-state index in [1.165, 1.54) is 0 Å². The number of ether oxygens (including phenoxy) is 1. The third-order valence-corrected chi connectivity index (χ3v) is 3.95. The number of rotatable bonds is 5. The fraction of sp³-hybridized carbons (Fsp3) is 0.412. The lowest BCUT2D eigenvalue weighted by atomic mass is 9.93. The summed E-state index contributed by atoms with van der Waals surface area (Å²) < 4.78 is 5.43. The van der Waals surface area contributed by atoms with Crippen molar-refractivity contribution in [2.45, 2.75) is 39.5 Å². The molecule has 1 heterocycles. The van der Waals surface area contributed by atoms with Crippen LogP contribution in [0.15, 0.2) is 29.6 Å². The zero-order valence-corrected chi connectivity index (χ0v) is 13.8. The molecule has 4 heteroatoms. The van der Waals surface area contributed by atoms with E-state index < -0.39 is 0 Å². The van der Waals surface area contributed by atoms with Gasteiger partial charge in [0.2, 0.25) is 0 Å². The number of Topliss-reactive ketones (excluding diaryl/α,β-unsaturated/α-hetero) is 1. The van der Waals surface area contributed by atoms with Crippen molar-refractivity contribution in [2.24, 2.45) is 0 Å². The lowest BCUT2D eigenvalue weighted by Crippen LogP contribution is -2.12. The monoisotopic (exact) mass is 303 g/mol. The Balaban J connectivity index is 2.11. The van der Waals surface area contributed by atoms with Crippen LogP contribution in [-0.4, -0.2) is 17.4 Å². The molecule has 1 aromatic heterocycles. The van der Waals surface area contributed by atoms with Gasteiger partial charge in [0.1, 0.15) is 10.8 Å². The maximum Gasteiger partial charge on any atom is 0.169 e. The summed E-state index contributed by atoms with van der Waals surface area (Å²) in [5.74, 6) is 0.809. The fourth-order valence-electron chi connectivity index (χ4n) is 1.90. The van der Waals surface area contributed by atoms with Gasteiger partial charge in [0.25, 0.3) is 0 Å². The van der Waals surface area contributed by atoms with Gasteiger partial charge in [-0.3, -0.25) is 4.79 Å². The smallest absolute Gasteiger partial charge is 0.169 e. The molecule has 2 aromatic rings. The van der Waals surface area contributed by atoms with E-state index >= 15 is 0 Å². The second kappa shape index (κ2) is 6.39. The number of hydrogen-bond acceptors (Lipinski definition) is 4. The Hall–Kier alpha value is -1.68. The lowest BCUT2D eigenvalue weighted by Gasteiger charge is -2.14. The first-order chi connectivity index (χ1) is 9.90. The third-order valence-electron chi connectivity index (χ3n) is 3.10. The third kappa shape index (κ3) is 4.14. The van der Waals surface area contributed by atoms with Gasteiger partial charge in [-0.15, -0.1) is 11.3 Å². The second-order valence-electron chi connectivity index (χ2n) is 5.94. The van der Waals surface area contributed by atoms with Crippen LogP contribution in [-0.2, 0) is 11.8 Å². The Morgan fingerprint density at radius 2 is 2.10 bits per heavy atom. The van der Waals surface area contributed by atoms with Gasteiger partial charge >= 0.3 is 0 Å². The Kier molecular flexibility index (Phi) is 4.78. The number of carbonyl (C=O) groups is 1. The van der Waals surface area contributed by atoms with E-state index in [9.17, 15) is 4.79 Å².